The quantitative estimate of drug-likeness (QED) is 0.0775. The number of aliphatic hydroxyl groups is 11. The van der Waals surface area contributed by atoms with Crippen molar-refractivity contribution in [3.63, 3.8) is 0 Å². The van der Waals surface area contributed by atoms with Crippen molar-refractivity contribution < 1.29 is 94.1 Å². The smallest absolute Gasteiger partial charge is 0.331 e. The van der Waals surface area contributed by atoms with Gasteiger partial charge < -0.3 is 89.3 Å². The first-order chi connectivity index (χ1) is 28.4. The minimum Gasteiger partial charge on any atom is -0.458 e. The van der Waals surface area contributed by atoms with Crippen LogP contribution in [0.4, 0.5) is 0 Å². The van der Waals surface area contributed by atoms with E-state index in [9.17, 15) is 61.0 Å². The summed E-state index contributed by atoms with van der Waals surface area (Å²) in [5.41, 5.74) is -0.244. The molecular weight excluding hydrogens is 796 g/mol. The predicted octanol–water partition coefficient (Wildman–Crippen LogP) is -2.92. The van der Waals surface area contributed by atoms with E-state index in [1.807, 2.05) is 0 Å². The standard InChI is InChI=1S/C41H64O19/c1-39-8-5-19(12-18(39)3-4-22-21(39)6-9-40(2)20(7-10-41(22,40)53)17-11-26(43)54-14-17)57-38-35(52)32(49)29(46)25(60-38)16-56-37-34(51)31(48)28(45)24(59-37)15-55-36-33(50)30(47)27(44)23(13-42)58-36/h11,18-25,27-38,42,44-53H,3-10,12-16H2,1-2H3/t18-,19-,20+,21-,22+,23+,24+,25+,27+,28+,29+,30-,31-,32-,33+,34+,35+,36+,37+,38+,39-,40+,41-/m0/s1. The van der Waals surface area contributed by atoms with E-state index in [4.69, 9.17) is 33.2 Å². The largest absolute Gasteiger partial charge is 0.458 e. The number of hydrogen-bond donors (Lipinski definition) is 11. The Kier molecular flexibility index (Phi) is 12.9. The third kappa shape index (κ3) is 7.59. The lowest BCUT2D eigenvalue weighted by Crippen LogP contribution is -2.63. The Balaban J connectivity index is 0.864. The van der Waals surface area contributed by atoms with Crippen molar-refractivity contribution >= 4 is 5.97 Å². The van der Waals surface area contributed by atoms with Gasteiger partial charge in [0, 0.05) is 11.5 Å². The zero-order valence-electron chi connectivity index (χ0n) is 34.0. The average Bonchev–Trinajstić information content (AvgIpc) is 3.78. The van der Waals surface area contributed by atoms with Crippen LogP contribution in [-0.2, 0) is 38.0 Å². The van der Waals surface area contributed by atoms with E-state index < -0.39 is 118 Å². The number of ether oxygens (including phenoxy) is 7. The van der Waals surface area contributed by atoms with Crippen LogP contribution in [0.25, 0.3) is 0 Å². The Labute approximate surface area is 347 Å². The Morgan fingerprint density at radius 3 is 1.80 bits per heavy atom. The third-order valence-corrected chi connectivity index (χ3v) is 16.3. The molecule has 0 unspecified atom stereocenters. The number of carbonyl (C=O) groups is 1. The van der Waals surface area contributed by atoms with Crippen LogP contribution in [0.3, 0.4) is 0 Å². The van der Waals surface area contributed by atoms with Crippen molar-refractivity contribution in [2.24, 2.45) is 34.5 Å². The van der Waals surface area contributed by atoms with Gasteiger partial charge in [-0.2, -0.15) is 0 Å². The number of aliphatic hydroxyl groups excluding tert-OH is 10. The second kappa shape index (κ2) is 17.2. The third-order valence-electron chi connectivity index (χ3n) is 16.3. The van der Waals surface area contributed by atoms with Crippen LogP contribution in [-0.4, -0.2) is 192 Å². The van der Waals surface area contributed by atoms with Crippen molar-refractivity contribution in [1.82, 2.24) is 0 Å². The number of cyclic esters (lactones) is 1. The molecule has 342 valence electrons. The fraction of sp³-hybridized carbons (Fsp3) is 0.927. The number of fused-ring (bicyclic) bond motifs is 5. The Morgan fingerprint density at radius 1 is 0.650 bits per heavy atom. The number of hydrogen-bond acceptors (Lipinski definition) is 19. The maximum absolute atomic E-state index is 12.6. The highest BCUT2D eigenvalue weighted by molar-refractivity contribution is 5.85. The molecule has 7 fully saturated rings. The van der Waals surface area contributed by atoms with Crippen LogP contribution in [0.1, 0.15) is 71.6 Å². The number of rotatable bonds is 10. The van der Waals surface area contributed by atoms with E-state index in [-0.39, 0.29) is 40.7 Å². The Hall–Kier alpha value is -1.47. The van der Waals surface area contributed by atoms with Gasteiger partial charge >= 0.3 is 5.97 Å². The highest BCUT2D eigenvalue weighted by Crippen LogP contribution is 2.70. The molecule has 4 aliphatic carbocycles. The lowest BCUT2D eigenvalue weighted by atomic mass is 9.43. The first-order valence-electron chi connectivity index (χ1n) is 21.6. The van der Waals surface area contributed by atoms with Gasteiger partial charge in [0.2, 0.25) is 0 Å². The molecule has 60 heavy (non-hydrogen) atoms. The highest BCUT2D eigenvalue weighted by Gasteiger charge is 2.68. The minimum absolute atomic E-state index is 0.0571. The van der Waals surface area contributed by atoms with Crippen LogP contribution < -0.4 is 0 Å². The Bertz CT molecular complexity index is 1570. The van der Waals surface area contributed by atoms with E-state index in [1.54, 1.807) is 6.08 Å². The molecule has 0 aromatic heterocycles. The SMILES string of the molecule is C[C@]12CC[C@H](O[C@@H]3O[C@H](CO[C@@H]4O[C@H](CO[C@@H]5O[C@H](CO)[C@@H](O)[C@H](O)[C@H]5O)[C@@H](O)[C@H](O)[C@H]4O)[C@@H](O)[C@H](O)[C@H]3O)C[C@@H]1CC[C@@H]1[C@@H]2CC[C@]2(C)[C@@H](C3=CC(=O)OC3)CC[C@]12O. The van der Waals surface area contributed by atoms with Crippen molar-refractivity contribution in [1.29, 1.82) is 0 Å². The number of carbonyl (C=O) groups excluding carboxylic acids is 1. The minimum atomic E-state index is -1.81. The summed E-state index contributed by atoms with van der Waals surface area (Å²) in [6.45, 7) is 3.04. The lowest BCUT2D eigenvalue weighted by molar-refractivity contribution is -0.346. The van der Waals surface area contributed by atoms with Gasteiger partial charge in [-0.05, 0) is 92.4 Å². The second-order valence-corrected chi connectivity index (χ2v) is 19.2. The summed E-state index contributed by atoms with van der Waals surface area (Å²) in [5.74, 6) is 0.499. The molecule has 11 N–H and O–H groups in total. The fourth-order valence-corrected chi connectivity index (χ4v) is 12.6. The fourth-order valence-electron chi connectivity index (χ4n) is 12.6. The van der Waals surface area contributed by atoms with E-state index >= 15 is 0 Å². The van der Waals surface area contributed by atoms with Crippen LogP contribution in [0, 0.1) is 34.5 Å². The van der Waals surface area contributed by atoms with Crippen LogP contribution in [0.2, 0.25) is 0 Å². The molecule has 0 aromatic carbocycles. The highest BCUT2D eigenvalue weighted by atomic mass is 16.7. The molecule has 0 spiro atoms. The zero-order valence-corrected chi connectivity index (χ0v) is 34.0. The molecule has 8 aliphatic rings. The summed E-state index contributed by atoms with van der Waals surface area (Å²) in [5, 5.41) is 117. The van der Waals surface area contributed by atoms with Crippen molar-refractivity contribution in [3.05, 3.63) is 11.6 Å². The number of esters is 1. The van der Waals surface area contributed by atoms with Gasteiger partial charge in [-0.25, -0.2) is 4.79 Å². The van der Waals surface area contributed by atoms with E-state index in [1.165, 1.54) is 0 Å². The maximum atomic E-state index is 12.6. The molecule has 0 radical (unpaired) electrons. The molecule has 3 saturated heterocycles. The van der Waals surface area contributed by atoms with Gasteiger partial charge in [-0.3, -0.25) is 0 Å². The molecule has 19 nitrogen and oxygen atoms in total. The summed E-state index contributed by atoms with van der Waals surface area (Å²) in [6, 6.07) is 0. The van der Waals surface area contributed by atoms with Crippen molar-refractivity contribution in [3.8, 4) is 0 Å². The van der Waals surface area contributed by atoms with Gasteiger partial charge in [-0.15, -0.1) is 0 Å². The van der Waals surface area contributed by atoms with Crippen LogP contribution in [0.5, 0.6) is 0 Å². The lowest BCUT2D eigenvalue weighted by Gasteiger charge is -2.64. The molecule has 4 heterocycles. The summed E-state index contributed by atoms with van der Waals surface area (Å²) in [4.78, 5) is 11.9. The normalized spacial score (nSPS) is 54.4. The van der Waals surface area contributed by atoms with Crippen molar-refractivity contribution in [2.75, 3.05) is 26.4 Å². The van der Waals surface area contributed by atoms with Gasteiger partial charge in [0.1, 0.15) is 79.9 Å². The predicted molar refractivity (Wildman–Crippen MR) is 200 cm³/mol. The summed E-state index contributed by atoms with van der Waals surface area (Å²) in [7, 11) is 0. The molecular formula is C41H64O19. The second-order valence-electron chi connectivity index (χ2n) is 19.2. The molecule has 19 heteroatoms. The molecule has 0 amide bonds. The molecule has 4 aliphatic heterocycles. The first-order valence-corrected chi connectivity index (χ1v) is 21.6. The first kappa shape index (κ1) is 45.1. The molecule has 23 atom stereocenters. The topological polar surface area (TPSA) is 304 Å². The molecule has 0 aromatic rings. The van der Waals surface area contributed by atoms with Crippen LogP contribution >= 0.6 is 0 Å². The van der Waals surface area contributed by atoms with Gasteiger partial charge in [0.05, 0.1) is 31.5 Å². The molecule has 8 rings (SSSR count). The van der Waals surface area contributed by atoms with Gasteiger partial charge in [0.15, 0.2) is 18.9 Å². The van der Waals surface area contributed by atoms with Crippen molar-refractivity contribution in [2.45, 2.75) is 175 Å². The van der Waals surface area contributed by atoms with E-state index in [2.05, 4.69) is 13.8 Å². The Morgan fingerprint density at radius 2 is 1.22 bits per heavy atom. The van der Waals surface area contributed by atoms with Gasteiger partial charge in [0.25, 0.3) is 0 Å². The monoisotopic (exact) mass is 860 g/mol. The van der Waals surface area contributed by atoms with Crippen LogP contribution in [0.15, 0.2) is 11.6 Å². The van der Waals surface area contributed by atoms with E-state index in [0.29, 0.717) is 31.8 Å². The summed E-state index contributed by atoms with van der Waals surface area (Å²) in [6.07, 6.45) is -15.3. The zero-order chi connectivity index (χ0) is 43.1. The summed E-state index contributed by atoms with van der Waals surface area (Å²) < 4.78 is 39.8. The molecule has 0 bridgehead atoms. The average molecular weight is 861 g/mol. The maximum Gasteiger partial charge on any atom is 0.331 e. The van der Waals surface area contributed by atoms with E-state index in [0.717, 1.165) is 44.1 Å². The van der Waals surface area contributed by atoms with Gasteiger partial charge in [-0.1, -0.05) is 13.8 Å². The molecule has 4 saturated carbocycles. The summed E-state index contributed by atoms with van der Waals surface area (Å²) >= 11 is 0.